The monoisotopic (exact) mass is 379 g/mol. The molecule has 2 aromatic rings. The van der Waals surface area contributed by atoms with E-state index in [-0.39, 0.29) is 28.8 Å². The van der Waals surface area contributed by atoms with Crippen molar-refractivity contribution in [2.75, 3.05) is 17.7 Å². The maximum atomic E-state index is 13.7. The summed E-state index contributed by atoms with van der Waals surface area (Å²) in [6.45, 7) is 3.77. The van der Waals surface area contributed by atoms with E-state index in [4.69, 9.17) is 4.74 Å². The number of methoxy groups -OCH3 is 1. The van der Waals surface area contributed by atoms with Gasteiger partial charge in [-0.05, 0) is 6.42 Å². The number of carbonyl (C=O) groups is 2. The number of carbonyl (C=O) groups excluding carboxylic acids is 2. The van der Waals surface area contributed by atoms with Crippen molar-refractivity contribution in [1.82, 2.24) is 15.0 Å². The van der Waals surface area contributed by atoms with Crippen LogP contribution in [0.25, 0.3) is 0 Å². The molecule has 0 unspecified atom stereocenters. The van der Waals surface area contributed by atoms with Gasteiger partial charge in [-0.1, -0.05) is 6.92 Å². The van der Waals surface area contributed by atoms with Gasteiger partial charge in [0, 0.05) is 37.9 Å². The largest absolute Gasteiger partial charge is 0.465 e. The number of amides is 1. The number of ether oxygens (including phenoxy) is 1. The van der Waals surface area contributed by atoms with E-state index in [1.807, 2.05) is 0 Å². The van der Waals surface area contributed by atoms with Crippen LogP contribution in [0.3, 0.4) is 0 Å². The Labute approximate surface area is 154 Å². The van der Waals surface area contributed by atoms with E-state index in [2.05, 4.69) is 25.6 Å². The molecular formula is C17H19F2N5O3. The van der Waals surface area contributed by atoms with Gasteiger partial charge in [0.1, 0.15) is 17.2 Å². The molecule has 0 aliphatic rings. The number of aromatic nitrogens is 3. The van der Waals surface area contributed by atoms with Gasteiger partial charge in [0.2, 0.25) is 11.7 Å². The number of pyridine rings is 1. The average Bonchev–Trinajstić information content (AvgIpc) is 2.59. The van der Waals surface area contributed by atoms with Crippen molar-refractivity contribution in [2.24, 2.45) is 0 Å². The first-order chi connectivity index (χ1) is 12.6. The fourth-order valence-corrected chi connectivity index (χ4v) is 2.16. The highest BCUT2D eigenvalue weighted by atomic mass is 19.3. The van der Waals surface area contributed by atoms with Crippen molar-refractivity contribution in [3.8, 4) is 0 Å². The molecule has 0 saturated carbocycles. The van der Waals surface area contributed by atoms with Crippen molar-refractivity contribution in [3.63, 3.8) is 0 Å². The van der Waals surface area contributed by atoms with Crippen LogP contribution in [0.2, 0.25) is 0 Å². The fourth-order valence-electron chi connectivity index (χ4n) is 2.16. The Morgan fingerprint density at radius 1 is 1.22 bits per heavy atom. The predicted molar refractivity (Wildman–Crippen MR) is 94.1 cm³/mol. The number of hydrogen-bond acceptors (Lipinski definition) is 7. The van der Waals surface area contributed by atoms with E-state index in [1.165, 1.54) is 32.4 Å². The van der Waals surface area contributed by atoms with Gasteiger partial charge in [-0.15, -0.1) is 0 Å². The van der Waals surface area contributed by atoms with Crippen LogP contribution in [-0.4, -0.2) is 33.9 Å². The third-order valence-corrected chi connectivity index (χ3v) is 3.41. The fraction of sp³-hybridized carbons (Fsp3) is 0.353. The summed E-state index contributed by atoms with van der Waals surface area (Å²) in [4.78, 5) is 34.8. The molecule has 2 N–H and O–H groups in total. The lowest BCUT2D eigenvalue weighted by Crippen LogP contribution is -2.16. The van der Waals surface area contributed by atoms with Crippen LogP contribution < -0.4 is 10.6 Å². The summed E-state index contributed by atoms with van der Waals surface area (Å²) in [6.07, 6.45) is 1.62. The highest BCUT2D eigenvalue weighted by molar-refractivity contribution is 5.97. The van der Waals surface area contributed by atoms with Gasteiger partial charge in [0.05, 0.1) is 12.8 Å². The SMILES string of the molecule is CCc1cc(Nc2cc(NC(C)=O)ncc2C(=O)OC)nc(C(C)(F)F)n1. The van der Waals surface area contributed by atoms with Crippen LogP contribution in [-0.2, 0) is 21.9 Å². The summed E-state index contributed by atoms with van der Waals surface area (Å²) < 4.78 is 32.0. The number of nitrogens with zero attached hydrogens (tertiary/aromatic N) is 3. The molecule has 2 aromatic heterocycles. The lowest BCUT2D eigenvalue weighted by atomic mass is 10.2. The van der Waals surface area contributed by atoms with Gasteiger partial charge in [0.25, 0.3) is 0 Å². The molecule has 10 heteroatoms. The molecule has 8 nitrogen and oxygen atoms in total. The van der Waals surface area contributed by atoms with Gasteiger partial charge in [-0.2, -0.15) is 8.78 Å². The predicted octanol–water partition coefficient (Wildman–Crippen LogP) is 3.03. The number of rotatable bonds is 6. The molecule has 0 aliphatic heterocycles. The molecule has 1 amide bonds. The third-order valence-electron chi connectivity index (χ3n) is 3.41. The van der Waals surface area contributed by atoms with E-state index in [0.717, 1.165) is 0 Å². The van der Waals surface area contributed by atoms with Gasteiger partial charge >= 0.3 is 11.9 Å². The van der Waals surface area contributed by atoms with Gasteiger partial charge < -0.3 is 15.4 Å². The molecule has 144 valence electrons. The lowest BCUT2D eigenvalue weighted by molar-refractivity contribution is -0.114. The minimum atomic E-state index is -3.23. The number of hydrogen-bond donors (Lipinski definition) is 2. The van der Waals surface area contributed by atoms with E-state index in [1.54, 1.807) is 6.92 Å². The number of alkyl halides is 2. The first-order valence-corrected chi connectivity index (χ1v) is 8.03. The second-order valence-corrected chi connectivity index (χ2v) is 5.72. The molecule has 0 fully saturated rings. The number of halogens is 2. The molecule has 0 atom stereocenters. The average molecular weight is 379 g/mol. The molecule has 0 aliphatic carbocycles. The van der Waals surface area contributed by atoms with Crippen LogP contribution in [0.5, 0.6) is 0 Å². The highest BCUT2D eigenvalue weighted by Crippen LogP contribution is 2.28. The number of esters is 1. The summed E-state index contributed by atoms with van der Waals surface area (Å²) in [7, 11) is 1.20. The Kier molecular flexibility index (Phi) is 5.98. The Morgan fingerprint density at radius 3 is 2.48 bits per heavy atom. The molecule has 0 aromatic carbocycles. The first-order valence-electron chi connectivity index (χ1n) is 8.03. The van der Waals surface area contributed by atoms with E-state index >= 15 is 0 Å². The summed E-state index contributed by atoms with van der Waals surface area (Å²) in [5.41, 5.74) is 0.638. The van der Waals surface area contributed by atoms with Crippen LogP contribution in [0, 0.1) is 0 Å². The Balaban J connectivity index is 2.51. The maximum absolute atomic E-state index is 13.7. The third kappa shape index (κ3) is 5.16. The van der Waals surface area contributed by atoms with Crippen molar-refractivity contribution in [2.45, 2.75) is 33.1 Å². The molecule has 0 spiro atoms. The molecule has 27 heavy (non-hydrogen) atoms. The molecule has 2 rings (SSSR count). The van der Waals surface area contributed by atoms with Crippen LogP contribution in [0.15, 0.2) is 18.3 Å². The number of nitrogens with one attached hydrogen (secondary N) is 2. The molecule has 0 saturated heterocycles. The van der Waals surface area contributed by atoms with Crippen molar-refractivity contribution < 1.29 is 23.1 Å². The van der Waals surface area contributed by atoms with Crippen LogP contribution in [0.4, 0.5) is 26.1 Å². The van der Waals surface area contributed by atoms with Crippen molar-refractivity contribution in [3.05, 3.63) is 35.4 Å². The standard InChI is InChI=1S/C17H19F2N5O3/c1-5-10-6-14(24-16(22-10)17(3,18)19)23-12-7-13(21-9(2)25)20-8-11(12)15(26)27-4/h6-8H,5H2,1-4H3,(H2,20,21,22,23,24,25). The molecule has 0 radical (unpaired) electrons. The quantitative estimate of drug-likeness (QED) is 0.743. The number of aryl methyl sites for hydroxylation is 1. The lowest BCUT2D eigenvalue weighted by Gasteiger charge is -2.15. The van der Waals surface area contributed by atoms with Gasteiger partial charge in [-0.3, -0.25) is 4.79 Å². The smallest absolute Gasteiger partial charge is 0.341 e. The second kappa shape index (κ2) is 8.02. The second-order valence-electron chi connectivity index (χ2n) is 5.72. The van der Waals surface area contributed by atoms with Gasteiger partial charge in [-0.25, -0.2) is 19.7 Å². The molecular weight excluding hydrogens is 360 g/mol. The van der Waals surface area contributed by atoms with Crippen molar-refractivity contribution >= 4 is 29.2 Å². The van der Waals surface area contributed by atoms with Crippen LogP contribution >= 0.6 is 0 Å². The van der Waals surface area contributed by atoms with Crippen molar-refractivity contribution in [1.29, 1.82) is 0 Å². The Morgan fingerprint density at radius 2 is 1.93 bits per heavy atom. The molecule has 2 heterocycles. The molecule has 0 bridgehead atoms. The minimum absolute atomic E-state index is 0.0491. The Hall–Kier alpha value is -3.17. The zero-order chi connectivity index (χ0) is 20.2. The highest BCUT2D eigenvalue weighted by Gasteiger charge is 2.29. The first kappa shape index (κ1) is 20.1. The van der Waals surface area contributed by atoms with E-state index < -0.39 is 17.7 Å². The topological polar surface area (TPSA) is 106 Å². The zero-order valence-electron chi connectivity index (χ0n) is 15.3. The normalized spacial score (nSPS) is 11.0. The maximum Gasteiger partial charge on any atom is 0.341 e. The van der Waals surface area contributed by atoms with Gasteiger partial charge in [0.15, 0.2) is 0 Å². The summed E-state index contributed by atoms with van der Waals surface area (Å²) >= 11 is 0. The zero-order valence-corrected chi connectivity index (χ0v) is 15.3. The number of anilines is 3. The van der Waals surface area contributed by atoms with E-state index in [0.29, 0.717) is 19.0 Å². The van der Waals surface area contributed by atoms with E-state index in [9.17, 15) is 18.4 Å². The van der Waals surface area contributed by atoms with Crippen LogP contribution in [0.1, 0.15) is 42.6 Å². The summed E-state index contributed by atoms with van der Waals surface area (Å²) in [5, 5.41) is 5.29. The summed E-state index contributed by atoms with van der Waals surface area (Å²) in [5.74, 6) is -4.67. The minimum Gasteiger partial charge on any atom is -0.465 e. The Bertz CT molecular complexity index is 868. The summed E-state index contributed by atoms with van der Waals surface area (Å²) in [6, 6.07) is 2.87.